The lowest BCUT2D eigenvalue weighted by atomic mass is 9.94. The van der Waals surface area contributed by atoms with Gasteiger partial charge in [0.25, 0.3) is 0 Å². The normalized spacial score (nSPS) is 17.3. The standard InChI is InChI=1S/C28H32N4O5S/c1-3-17(2)23(32-28(36)37-16-18-9-5-4-6-10-18)26(35)30-21(15-19-13-14-29-25(19)34)24(33)27-31-20-11-7-8-12-22(20)38-27/h4-12,17,19,21,23H,3,13-16H2,1-2H3,(H,29,34)(H,30,35)(H,32,36)/t17-,19-,21-,23-/m0/s1. The van der Waals surface area contributed by atoms with Crippen molar-refractivity contribution in [2.75, 3.05) is 6.54 Å². The number of hydrogen-bond donors (Lipinski definition) is 3. The van der Waals surface area contributed by atoms with Crippen molar-refractivity contribution in [2.24, 2.45) is 11.8 Å². The fourth-order valence-electron chi connectivity index (χ4n) is 4.37. The smallest absolute Gasteiger partial charge is 0.408 e. The molecule has 0 unspecified atom stereocenters. The molecule has 1 aromatic heterocycles. The molecule has 0 spiro atoms. The number of carbonyl (C=O) groups excluding carboxylic acids is 4. The summed E-state index contributed by atoms with van der Waals surface area (Å²) in [5, 5.41) is 8.55. The van der Waals surface area contributed by atoms with Gasteiger partial charge in [-0.05, 0) is 36.5 Å². The summed E-state index contributed by atoms with van der Waals surface area (Å²) in [6, 6.07) is 14.8. The zero-order chi connectivity index (χ0) is 27.1. The molecule has 0 saturated carbocycles. The first-order chi connectivity index (χ1) is 18.4. The van der Waals surface area contributed by atoms with Gasteiger partial charge in [-0.25, -0.2) is 9.78 Å². The third kappa shape index (κ3) is 6.74. The van der Waals surface area contributed by atoms with Gasteiger partial charge in [-0.3, -0.25) is 14.4 Å². The molecule has 1 saturated heterocycles. The number of benzene rings is 2. The van der Waals surface area contributed by atoms with Crippen LogP contribution in [0.1, 0.15) is 48.5 Å². The van der Waals surface area contributed by atoms with Crippen molar-refractivity contribution in [3.8, 4) is 0 Å². The Morgan fingerprint density at radius 1 is 1.11 bits per heavy atom. The Morgan fingerprint density at radius 3 is 2.53 bits per heavy atom. The number of aromatic nitrogens is 1. The number of ether oxygens (including phenoxy) is 1. The van der Waals surface area contributed by atoms with Gasteiger partial charge in [-0.1, -0.05) is 62.7 Å². The van der Waals surface area contributed by atoms with E-state index < -0.39 is 30.0 Å². The van der Waals surface area contributed by atoms with Gasteiger partial charge in [0.1, 0.15) is 12.6 Å². The first-order valence-corrected chi connectivity index (χ1v) is 13.6. The summed E-state index contributed by atoms with van der Waals surface area (Å²) in [5.74, 6) is -1.62. The maximum Gasteiger partial charge on any atom is 0.408 e. The highest BCUT2D eigenvalue weighted by Gasteiger charge is 2.35. The van der Waals surface area contributed by atoms with Crippen LogP contribution in [0.2, 0.25) is 0 Å². The van der Waals surface area contributed by atoms with Crippen molar-refractivity contribution in [1.29, 1.82) is 0 Å². The molecule has 2 aromatic carbocycles. The number of thiazole rings is 1. The predicted molar refractivity (Wildman–Crippen MR) is 145 cm³/mol. The van der Waals surface area contributed by atoms with Gasteiger partial charge >= 0.3 is 6.09 Å². The van der Waals surface area contributed by atoms with Crippen molar-refractivity contribution in [2.45, 2.75) is 51.8 Å². The number of fused-ring (bicyclic) bond motifs is 1. The minimum atomic E-state index is -0.967. The molecule has 10 heteroatoms. The largest absolute Gasteiger partial charge is 0.445 e. The lowest BCUT2D eigenvalue weighted by Gasteiger charge is -2.26. The maximum atomic E-state index is 13.6. The van der Waals surface area contributed by atoms with Crippen LogP contribution in [0.15, 0.2) is 54.6 Å². The predicted octanol–water partition coefficient (Wildman–Crippen LogP) is 3.83. The third-order valence-electron chi connectivity index (χ3n) is 6.80. The topological polar surface area (TPSA) is 126 Å². The van der Waals surface area contributed by atoms with Crippen LogP contribution in [0.5, 0.6) is 0 Å². The molecule has 1 aliphatic heterocycles. The number of rotatable bonds is 11. The summed E-state index contributed by atoms with van der Waals surface area (Å²) in [7, 11) is 0. The summed E-state index contributed by atoms with van der Waals surface area (Å²) in [6.07, 6.45) is 0.617. The average molecular weight is 537 g/mol. The second-order valence-electron chi connectivity index (χ2n) is 9.49. The highest BCUT2D eigenvalue weighted by Crippen LogP contribution is 2.25. The Kier molecular flexibility index (Phi) is 9.06. The molecule has 9 nitrogen and oxygen atoms in total. The number of alkyl carbamates (subject to hydrolysis) is 1. The van der Waals surface area contributed by atoms with E-state index in [-0.39, 0.29) is 35.6 Å². The minimum Gasteiger partial charge on any atom is -0.445 e. The van der Waals surface area contributed by atoms with E-state index in [1.807, 2.05) is 68.4 Å². The van der Waals surface area contributed by atoms with Gasteiger partial charge in [-0.15, -0.1) is 11.3 Å². The molecule has 0 aliphatic carbocycles. The Hall–Kier alpha value is -3.79. The van der Waals surface area contributed by atoms with Crippen molar-refractivity contribution in [1.82, 2.24) is 20.9 Å². The van der Waals surface area contributed by atoms with Crippen molar-refractivity contribution in [3.05, 3.63) is 65.2 Å². The van der Waals surface area contributed by atoms with E-state index in [1.165, 1.54) is 11.3 Å². The third-order valence-corrected chi connectivity index (χ3v) is 7.85. The summed E-state index contributed by atoms with van der Waals surface area (Å²) < 4.78 is 6.18. The van der Waals surface area contributed by atoms with Gasteiger partial charge in [-0.2, -0.15) is 0 Å². The van der Waals surface area contributed by atoms with Crippen LogP contribution in [-0.4, -0.2) is 47.3 Å². The van der Waals surface area contributed by atoms with E-state index in [1.54, 1.807) is 0 Å². The first-order valence-electron chi connectivity index (χ1n) is 12.8. The van der Waals surface area contributed by atoms with E-state index in [0.717, 1.165) is 10.3 Å². The van der Waals surface area contributed by atoms with Crippen LogP contribution in [-0.2, 0) is 20.9 Å². The van der Waals surface area contributed by atoms with E-state index in [0.29, 0.717) is 24.9 Å². The van der Waals surface area contributed by atoms with Crippen molar-refractivity contribution >= 4 is 45.2 Å². The van der Waals surface area contributed by atoms with Crippen LogP contribution in [0.25, 0.3) is 10.2 Å². The average Bonchev–Trinajstić information content (AvgIpc) is 3.55. The minimum absolute atomic E-state index is 0.0665. The Morgan fingerprint density at radius 2 is 1.84 bits per heavy atom. The van der Waals surface area contributed by atoms with E-state index >= 15 is 0 Å². The number of carbonyl (C=O) groups is 4. The van der Waals surface area contributed by atoms with Gasteiger partial charge in [0, 0.05) is 12.5 Å². The molecular formula is C28H32N4O5S. The molecule has 2 heterocycles. The molecule has 3 aromatic rings. The molecule has 3 amide bonds. The summed E-state index contributed by atoms with van der Waals surface area (Å²) >= 11 is 1.25. The Labute approximate surface area is 225 Å². The zero-order valence-electron chi connectivity index (χ0n) is 21.4. The summed E-state index contributed by atoms with van der Waals surface area (Å²) in [6.45, 7) is 4.35. The molecule has 0 bridgehead atoms. The molecule has 1 aliphatic rings. The number of nitrogens with one attached hydrogen (secondary N) is 3. The van der Waals surface area contributed by atoms with E-state index in [2.05, 4.69) is 20.9 Å². The van der Waals surface area contributed by atoms with E-state index in [4.69, 9.17) is 4.74 Å². The quantitative estimate of drug-likeness (QED) is 0.320. The van der Waals surface area contributed by atoms with Crippen LogP contribution in [0, 0.1) is 11.8 Å². The lowest BCUT2D eigenvalue weighted by Crippen LogP contribution is -2.54. The fourth-order valence-corrected chi connectivity index (χ4v) is 5.33. The number of hydrogen-bond acceptors (Lipinski definition) is 7. The van der Waals surface area contributed by atoms with Gasteiger partial charge < -0.3 is 20.7 Å². The van der Waals surface area contributed by atoms with Crippen LogP contribution < -0.4 is 16.0 Å². The number of ketones is 1. The molecule has 4 atom stereocenters. The molecule has 38 heavy (non-hydrogen) atoms. The van der Waals surface area contributed by atoms with Gasteiger partial charge in [0.15, 0.2) is 5.01 Å². The molecular weight excluding hydrogens is 504 g/mol. The SMILES string of the molecule is CC[C@H](C)[C@H](NC(=O)OCc1ccccc1)C(=O)N[C@@H](C[C@@H]1CCNC1=O)C(=O)c1nc2ccccc2s1. The number of para-hydroxylation sites is 1. The Balaban J connectivity index is 1.49. The molecule has 3 N–H and O–H groups in total. The number of nitrogens with zero attached hydrogens (tertiary/aromatic N) is 1. The molecule has 1 fully saturated rings. The van der Waals surface area contributed by atoms with Gasteiger partial charge in [0.05, 0.1) is 16.3 Å². The second kappa shape index (κ2) is 12.6. The highest BCUT2D eigenvalue weighted by atomic mass is 32.1. The van der Waals surface area contributed by atoms with Crippen LogP contribution in [0.4, 0.5) is 4.79 Å². The molecule has 4 rings (SSSR count). The van der Waals surface area contributed by atoms with Gasteiger partial charge in [0.2, 0.25) is 17.6 Å². The van der Waals surface area contributed by atoms with Crippen LogP contribution >= 0.6 is 11.3 Å². The first kappa shape index (κ1) is 27.3. The second-order valence-corrected chi connectivity index (χ2v) is 10.5. The number of Topliss-reactive ketones (excluding diaryl/α,β-unsaturated/α-hetero) is 1. The summed E-state index contributed by atoms with van der Waals surface area (Å²) in [5.41, 5.74) is 1.52. The monoisotopic (exact) mass is 536 g/mol. The Bertz CT molecular complexity index is 1260. The van der Waals surface area contributed by atoms with Crippen LogP contribution in [0.3, 0.4) is 0 Å². The van der Waals surface area contributed by atoms with E-state index in [9.17, 15) is 19.2 Å². The molecule has 200 valence electrons. The lowest BCUT2D eigenvalue weighted by molar-refractivity contribution is -0.126. The summed E-state index contributed by atoms with van der Waals surface area (Å²) in [4.78, 5) is 56.4. The van der Waals surface area contributed by atoms with Crippen molar-refractivity contribution < 1.29 is 23.9 Å². The zero-order valence-corrected chi connectivity index (χ0v) is 22.3. The fraction of sp³-hybridized carbons (Fsp3) is 0.393. The van der Waals surface area contributed by atoms with Crippen molar-refractivity contribution in [3.63, 3.8) is 0 Å². The highest BCUT2D eigenvalue weighted by molar-refractivity contribution is 7.20. The molecule has 0 radical (unpaired) electrons. The maximum absolute atomic E-state index is 13.6. The number of amides is 3.